The fourth-order valence-corrected chi connectivity index (χ4v) is 7.59. The molecule has 1 amide bonds. The number of thioether (sulfide) groups is 1. The number of rotatable bonds is 2. The van der Waals surface area contributed by atoms with Crippen molar-refractivity contribution < 1.29 is 17.9 Å². The van der Waals surface area contributed by atoms with E-state index in [0.717, 1.165) is 16.6 Å². The summed E-state index contributed by atoms with van der Waals surface area (Å²) in [5, 5.41) is 0.484. The van der Waals surface area contributed by atoms with Gasteiger partial charge in [-0.05, 0) is 37.1 Å². The van der Waals surface area contributed by atoms with Crippen LogP contribution in [0.25, 0.3) is 0 Å². The van der Waals surface area contributed by atoms with E-state index >= 15 is 0 Å². The van der Waals surface area contributed by atoms with Crippen LogP contribution in [0.5, 0.6) is 0 Å². The Labute approximate surface area is 159 Å². The molecule has 3 aliphatic rings. The molecular weight excluding hydrogens is 428 g/mol. The molecule has 0 unspecified atom stereocenters. The highest BCUT2D eigenvalue weighted by Gasteiger charge is 2.49. The first kappa shape index (κ1) is 17.5. The van der Waals surface area contributed by atoms with Gasteiger partial charge in [-0.2, -0.15) is 4.99 Å². The van der Waals surface area contributed by atoms with Gasteiger partial charge in [-0.15, -0.1) is 0 Å². The summed E-state index contributed by atoms with van der Waals surface area (Å²) in [7, 11) is -3.06. The Balaban J connectivity index is 1.68. The summed E-state index contributed by atoms with van der Waals surface area (Å²) in [5.74, 6) is -0.0546. The predicted molar refractivity (Wildman–Crippen MR) is 102 cm³/mol. The third-order valence-electron chi connectivity index (χ3n) is 4.58. The Hall–Kier alpha value is -0.900. The number of carbonyl (C=O) groups excluding carboxylic acids is 1. The number of nitrogens with zero attached hydrogens (tertiary/aromatic N) is 2. The molecule has 0 N–H and O–H groups in total. The van der Waals surface area contributed by atoms with E-state index < -0.39 is 15.9 Å². The molecule has 0 aliphatic carbocycles. The second kappa shape index (κ2) is 6.68. The summed E-state index contributed by atoms with van der Waals surface area (Å²) in [6, 6.07) is 7.42. The number of amides is 1. The number of hydrogen-bond acceptors (Lipinski definition) is 5. The van der Waals surface area contributed by atoms with Gasteiger partial charge in [0.1, 0.15) is 6.10 Å². The van der Waals surface area contributed by atoms with Gasteiger partial charge in [0.2, 0.25) is 0 Å². The number of fused-ring (bicyclic) bond motifs is 1. The molecule has 134 valence electrons. The van der Waals surface area contributed by atoms with Gasteiger partial charge in [0.15, 0.2) is 15.0 Å². The zero-order valence-corrected chi connectivity index (χ0v) is 16.5. The Kier molecular flexibility index (Phi) is 4.68. The van der Waals surface area contributed by atoms with Crippen molar-refractivity contribution >= 4 is 54.3 Å². The molecule has 9 heteroatoms. The first-order valence-corrected chi connectivity index (χ1v) is 11.6. The SMILES string of the molecule is O=C(N=C1S[C@H]2CS(=O)(=O)C[C@H]2N1c1ccc(Br)cc1)[C@@H]1CCCO1. The van der Waals surface area contributed by atoms with Gasteiger partial charge in [-0.1, -0.05) is 27.7 Å². The molecular formula is C16H17BrN2O4S2. The number of hydrogen-bond donors (Lipinski definition) is 0. The summed E-state index contributed by atoms with van der Waals surface area (Å²) < 4.78 is 30.4. The largest absolute Gasteiger partial charge is 0.368 e. The van der Waals surface area contributed by atoms with Crippen LogP contribution in [0.15, 0.2) is 33.7 Å². The number of aliphatic imine (C=N–C) groups is 1. The Morgan fingerprint density at radius 2 is 2.04 bits per heavy atom. The molecule has 0 spiro atoms. The Morgan fingerprint density at radius 1 is 1.28 bits per heavy atom. The van der Waals surface area contributed by atoms with Crippen molar-refractivity contribution in [3.8, 4) is 0 Å². The van der Waals surface area contributed by atoms with Crippen LogP contribution < -0.4 is 4.90 Å². The van der Waals surface area contributed by atoms with Gasteiger partial charge in [0, 0.05) is 22.0 Å². The molecule has 0 bridgehead atoms. The minimum absolute atomic E-state index is 0.0911. The highest BCUT2D eigenvalue weighted by molar-refractivity contribution is 9.10. The van der Waals surface area contributed by atoms with E-state index in [-0.39, 0.29) is 28.7 Å². The highest BCUT2D eigenvalue weighted by Crippen LogP contribution is 2.41. The highest BCUT2D eigenvalue weighted by atomic mass is 79.9. The lowest BCUT2D eigenvalue weighted by molar-refractivity contribution is -0.126. The van der Waals surface area contributed by atoms with Crippen molar-refractivity contribution in [1.82, 2.24) is 0 Å². The normalized spacial score (nSPS) is 32.3. The molecule has 1 aromatic carbocycles. The fourth-order valence-electron chi connectivity index (χ4n) is 3.41. The van der Waals surface area contributed by atoms with Gasteiger partial charge < -0.3 is 9.64 Å². The van der Waals surface area contributed by atoms with E-state index in [1.54, 1.807) is 0 Å². The van der Waals surface area contributed by atoms with Gasteiger partial charge in [0.05, 0.1) is 17.5 Å². The monoisotopic (exact) mass is 444 g/mol. The Bertz CT molecular complexity index is 819. The molecule has 3 aliphatic heterocycles. The smallest absolute Gasteiger partial charge is 0.277 e. The number of ether oxygens (including phenoxy) is 1. The molecule has 25 heavy (non-hydrogen) atoms. The van der Waals surface area contributed by atoms with Crippen LogP contribution in [-0.2, 0) is 19.4 Å². The number of sulfone groups is 1. The summed E-state index contributed by atoms with van der Waals surface area (Å²) in [6.07, 6.45) is 1.10. The lowest BCUT2D eigenvalue weighted by Gasteiger charge is -2.24. The molecule has 4 rings (SSSR count). The summed E-state index contributed by atoms with van der Waals surface area (Å²) in [5.41, 5.74) is 0.846. The summed E-state index contributed by atoms with van der Waals surface area (Å²) in [6.45, 7) is 0.592. The average molecular weight is 445 g/mol. The fraction of sp³-hybridized carbons (Fsp3) is 0.500. The van der Waals surface area contributed by atoms with Gasteiger partial charge >= 0.3 is 0 Å². The molecule has 0 radical (unpaired) electrons. The van der Waals surface area contributed by atoms with Crippen molar-refractivity contribution in [2.75, 3.05) is 23.0 Å². The topological polar surface area (TPSA) is 76.0 Å². The minimum Gasteiger partial charge on any atom is -0.368 e. The standard InChI is InChI=1S/C16H17BrN2O4S2/c17-10-3-5-11(6-4-10)19-12-8-25(21,22)9-14(12)24-16(19)18-15(20)13-2-1-7-23-13/h3-6,12-14H,1-2,7-9H2/t12-,13+,14+/m1/s1. The van der Waals surface area contributed by atoms with Crippen molar-refractivity contribution in [3.63, 3.8) is 0 Å². The van der Waals surface area contributed by atoms with E-state index in [9.17, 15) is 13.2 Å². The zero-order chi connectivity index (χ0) is 17.6. The van der Waals surface area contributed by atoms with E-state index in [1.807, 2.05) is 29.2 Å². The van der Waals surface area contributed by atoms with Crippen LogP contribution in [0.3, 0.4) is 0 Å². The number of halogens is 1. The molecule has 3 heterocycles. The van der Waals surface area contributed by atoms with Crippen molar-refractivity contribution in [1.29, 1.82) is 0 Å². The molecule has 3 atom stereocenters. The van der Waals surface area contributed by atoms with E-state index in [0.29, 0.717) is 18.2 Å². The lowest BCUT2D eigenvalue weighted by atomic mass is 10.2. The molecule has 3 fully saturated rings. The second-order valence-electron chi connectivity index (χ2n) is 6.38. The number of benzene rings is 1. The van der Waals surface area contributed by atoms with E-state index in [1.165, 1.54) is 11.8 Å². The van der Waals surface area contributed by atoms with Crippen molar-refractivity contribution in [2.24, 2.45) is 4.99 Å². The summed E-state index contributed by atoms with van der Waals surface area (Å²) >= 11 is 4.79. The number of carbonyl (C=O) groups is 1. The summed E-state index contributed by atoms with van der Waals surface area (Å²) in [4.78, 5) is 18.6. The first-order chi connectivity index (χ1) is 11.9. The molecule has 3 saturated heterocycles. The maximum atomic E-state index is 12.4. The lowest BCUT2D eigenvalue weighted by Crippen LogP contribution is -2.38. The first-order valence-electron chi connectivity index (χ1n) is 8.09. The van der Waals surface area contributed by atoms with Gasteiger partial charge in [-0.25, -0.2) is 8.42 Å². The van der Waals surface area contributed by atoms with Gasteiger partial charge in [0.25, 0.3) is 5.91 Å². The quantitative estimate of drug-likeness (QED) is 0.695. The van der Waals surface area contributed by atoms with Crippen LogP contribution >= 0.6 is 27.7 Å². The van der Waals surface area contributed by atoms with Crippen molar-refractivity contribution in [3.05, 3.63) is 28.7 Å². The minimum atomic E-state index is -3.06. The van der Waals surface area contributed by atoms with Crippen LogP contribution in [0.1, 0.15) is 12.8 Å². The zero-order valence-electron chi connectivity index (χ0n) is 13.3. The van der Waals surface area contributed by atoms with E-state index in [4.69, 9.17) is 4.74 Å². The van der Waals surface area contributed by atoms with Crippen LogP contribution in [0.2, 0.25) is 0 Å². The third kappa shape index (κ3) is 3.51. The maximum Gasteiger partial charge on any atom is 0.277 e. The average Bonchev–Trinajstić information content (AvgIpc) is 3.23. The van der Waals surface area contributed by atoms with Crippen LogP contribution in [-0.4, -0.2) is 55.0 Å². The number of anilines is 1. The van der Waals surface area contributed by atoms with Crippen LogP contribution in [0, 0.1) is 0 Å². The van der Waals surface area contributed by atoms with Crippen LogP contribution in [0.4, 0.5) is 5.69 Å². The molecule has 1 aromatic rings. The van der Waals surface area contributed by atoms with Gasteiger partial charge in [-0.3, -0.25) is 4.79 Å². The molecule has 0 aromatic heterocycles. The van der Waals surface area contributed by atoms with Crippen molar-refractivity contribution in [2.45, 2.75) is 30.2 Å². The second-order valence-corrected chi connectivity index (χ2v) is 10.7. The Morgan fingerprint density at radius 3 is 2.72 bits per heavy atom. The van der Waals surface area contributed by atoms with E-state index in [2.05, 4.69) is 20.9 Å². The predicted octanol–water partition coefficient (Wildman–Crippen LogP) is 2.23. The maximum absolute atomic E-state index is 12.4. The molecule has 6 nitrogen and oxygen atoms in total. The number of amidine groups is 1. The molecule has 0 saturated carbocycles. The third-order valence-corrected chi connectivity index (χ3v) is 8.32.